The molecule has 18 heavy (non-hydrogen) atoms. The van der Waals surface area contributed by atoms with Gasteiger partial charge in [0.15, 0.2) is 9.84 Å². The summed E-state index contributed by atoms with van der Waals surface area (Å²) in [6.45, 7) is 0. The Kier molecular flexibility index (Phi) is 2.85. The molecule has 3 rings (SSSR count). The normalized spacial score (nSPS) is 30.6. The van der Waals surface area contributed by atoms with Gasteiger partial charge in [-0.25, -0.2) is 8.42 Å². The van der Waals surface area contributed by atoms with E-state index in [0.29, 0.717) is 10.9 Å². The average molecular weight is 265 g/mol. The lowest BCUT2D eigenvalue weighted by atomic mass is 9.95. The lowest BCUT2D eigenvalue weighted by Crippen LogP contribution is -2.25. The van der Waals surface area contributed by atoms with Gasteiger partial charge in [0.2, 0.25) is 0 Å². The van der Waals surface area contributed by atoms with Crippen LogP contribution in [0.15, 0.2) is 29.2 Å². The third-order valence-electron chi connectivity index (χ3n) is 4.22. The maximum absolute atomic E-state index is 11.4. The van der Waals surface area contributed by atoms with Crippen molar-refractivity contribution in [3.63, 3.8) is 0 Å². The summed E-state index contributed by atoms with van der Waals surface area (Å²) in [6.07, 6.45) is 6.58. The SMILES string of the molecule is CS(=O)(=O)c1ccc(NC2CCCC3CC32)cc1. The quantitative estimate of drug-likeness (QED) is 0.914. The number of nitrogens with one attached hydrogen (secondary N) is 1. The fourth-order valence-corrected chi connectivity index (χ4v) is 3.73. The van der Waals surface area contributed by atoms with Crippen molar-refractivity contribution in [3.05, 3.63) is 24.3 Å². The molecule has 1 aromatic rings. The van der Waals surface area contributed by atoms with Crippen LogP contribution in [0.5, 0.6) is 0 Å². The molecule has 2 aliphatic rings. The summed E-state index contributed by atoms with van der Waals surface area (Å²) in [4.78, 5) is 0.390. The van der Waals surface area contributed by atoms with Gasteiger partial charge in [0.05, 0.1) is 4.90 Å². The van der Waals surface area contributed by atoms with Gasteiger partial charge in [-0.2, -0.15) is 0 Å². The van der Waals surface area contributed by atoms with Gasteiger partial charge >= 0.3 is 0 Å². The van der Waals surface area contributed by atoms with E-state index in [0.717, 1.165) is 17.5 Å². The predicted molar refractivity (Wildman–Crippen MR) is 72.4 cm³/mol. The van der Waals surface area contributed by atoms with Crippen LogP contribution in [0, 0.1) is 11.8 Å². The van der Waals surface area contributed by atoms with E-state index in [1.165, 1.54) is 31.9 Å². The maximum Gasteiger partial charge on any atom is 0.175 e. The summed E-state index contributed by atoms with van der Waals surface area (Å²) in [5.74, 6) is 1.81. The number of rotatable bonds is 3. The Hall–Kier alpha value is -1.03. The van der Waals surface area contributed by atoms with Crippen LogP contribution in [-0.2, 0) is 9.84 Å². The van der Waals surface area contributed by atoms with Gasteiger partial charge in [0.25, 0.3) is 0 Å². The number of anilines is 1. The summed E-state index contributed by atoms with van der Waals surface area (Å²) >= 11 is 0. The van der Waals surface area contributed by atoms with E-state index in [-0.39, 0.29) is 0 Å². The first-order valence-electron chi connectivity index (χ1n) is 6.61. The molecule has 0 heterocycles. The molecule has 3 atom stereocenters. The van der Waals surface area contributed by atoms with Crippen LogP contribution in [0.25, 0.3) is 0 Å². The summed E-state index contributed by atoms with van der Waals surface area (Å²) < 4.78 is 22.7. The minimum Gasteiger partial charge on any atom is -0.382 e. The molecular formula is C14H19NO2S. The standard InChI is InChI=1S/C14H19NO2S/c1-18(16,17)12-7-5-11(6-8-12)15-14-4-2-3-10-9-13(10)14/h5-8,10,13-15H,2-4,9H2,1H3. The minimum atomic E-state index is -3.08. The zero-order valence-electron chi connectivity index (χ0n) is 10.6. The van der Waals surface area contributed by atoms with Crippen LogP contribution < -0.4 is 5.32 Å². The Labute approximate surface area is 109 Å². The van der Waals surface area contributed by atoms with Gasteiger partial charge in [-0.3, -0.25) is 0 Å². The maximum atomic E-state index is 11.4. The van der Waals surface area contributed by atoms with Crippen molar-refractivity contribution in [2.45, 2.75) is 36.6 Å². The second-order valence-corrected chi connectivity index (χ2v) is 7.65. The third kappa shape index (κ3) is 2.39. The van der Waals surface area contributed by atoms with E-state index in [1.807, 2.05) is 12.1 Å². The second kappa shape index (κ2) is 4.26. The van der Waals surface area contributed by atoms with E-state index >= 15 is 0 Å². The predicted octanol–water partition coefficient (Wildman–Crippen LogP) is 2.69. The highest BCUT2D eigenvalue weighted by molar-refractivity contribution is 7.90. The smallest absolute Gasteiger partial charge is 0.175 e. The summed E-state index contributed by atoms with van der Waals surface area (Å²) in [7, 11) is -3.08. The van der Waals surface area contributed by atoms with Crippen LogP contribution in [0.2, 0.25) is 0 Å². The Bertz CT molecular complexity index is 535. The fraction of sp³-hybridized carbons (Fsp3) is 0.571. The summed E-state index contributed by atoms with van der Waals surface area (Å²) in [5.41, 5.74) is 1.04. The molecule has 2 fully saturated rings. The molecule has 1 N–H and O–H groups in total. The topological polar surface area (TPSA) is 46.2 Å². The van der Waals surface area contributed by atoms with E-state index in [9.17, 15) is 8.42 Å². The van der Waals surface area contributed by atoms with Gasteiger partial charge in [0.1, 0.15) is 0 Å². The van der Waals surface area contributed by atoms with Gasteiger partial charge in [0, 0.05) is 18.0 Å². The molecule has 0 saturated heterocycles. The van der Waals surface area contributed by atoms with Gasteiger partial charge in [-0.1, -0.05) is 12.8 Å². The lowest BCUT2D eigenvalue weighted by Gasteiger charge is -2.23. The van der Waals surface area contributed by atoms with Crippen molar-refractivity contribution in [1.82, 2.24) is 0 Å². The molecule has 0 bridgehead atoms. The highest BCUT2D eigenvalue weighted by Gasteiger charge is 2.44. The minimum absolute atomic E-state index is 0.390. The van der Waals surface area contributed by atoms with Crippen molar-refractivity contribution in [2.75, 3.05) is 11.6 Å². The van der Waals surface area contributed by atoms with E-state index < -0.39 is 9.84 Å². The van der Waals surface area contributed by atoms with Crippen LogP contribution in [-0.4, -0.2) is 20.7 Å². The van der Waals surface area contributed by atoms with Crippen LogP contribution in [0.1, 0.15) is 25.7 Å². The molecule has 3 unspecified atom stereocenters. The number of benzene rings is 1. The molecule has 0 aromatic heterocycles. The summed E-state index contributed by atoms with van der Waals surface area (Å²) in [6, 6.07) is 7.72. The molecule has 0 spiro atoms. The van der Waals surface area contributed by atoms with Gasteiger partial charge in [-0.15, -0.1) is 0 Å². The molecule has 0 amide bonds. The first-order chi connectivity index (χ1) is 8.54. The van der Waals surface area contributed by atoms with Crippen LogP contribution in [0.3, 0.4) is 0 Å². The largest absolute Gasteiger partial charge is 0.382 e. The molecule has 3 nitrogen and oxygen atoms in total. The molecular weight excluding hydrogens is 246 g/mol. The van der Waals surface area contributed by atoms with Crippen molar-refractivity contribution in [3.8, 4) is 0 Å². The Morgan fingerprint density at radius 1 is 1.17 bits per heavy atom. The molecule has 0 aliphatic heterocycles. The number of hydrogen-bond donors (Lipinski definition) is 1. The van der Waals surface area contributed by atoms with E-state index in [1.54, 1.807) is 12.1 Å². The summed E-state index contributed by atoms with van der Waals surface area (Å²) in [5, 5.41) is 3.56. The molecule has 4 heteroatoms. The first-order valence-corrected chi connectivity index (χ1v) is 8.50. The molecule has 0 radical (unpaired) electrons. The highest BCUT2D eigenvalue weighted by Crippen LogP contribution is 2.50. The molecule has 1 aromatic carbocycles. The first kappa shape index (κ1) is 12.0. The Morgan fingerprint density at radius 2 is 1.89 bits per heavy atom. The second-order valence-electron chi connectivity index (χ2n) is 5.64. The number of hydrogen-bond acceptors (Lipinski definition) is 3. The lowest BCUT2D eigenvalue weighted by molar-refractivity contribution is 0.440. The van der Waals surface area contributed by atoms with Crippen molar-refractivity contribution >= 4 is 15.5 Å². The molecule has 2 saturated carbocycles. The van der Waals surface area contributed by atoms with Gasteiger partial charge in [-0.05, 0) is 48.9 Å². The molecule has 2 aliphatic carbocycles. The van der Waals surface area contributed by atoms with Crippen molar-refractivity contribution in [2.24, 2.45) is 11.8 Å². The fourth-order valence-electron chi connectivity index (χ4n) is 3.10. The number of fused-ring (bicyclic) bond motifs is 1. The monoisotopic (exact) mass is 265 g/mol. The van der Waals surface area contributed by atoms with Gasteiger partial charge < -0.3 is 5.32 Å². The third-order valence-corrected chi connectivity index (χ3v) is 5.35. The van der Waals surface area contributed by atoms with E-state index in [2.05, 4.69) is 5.32 Å². The van der Waals surface area contributed by atoms with E-state index in [4.69, 9.17) is 0 Å². The zero-order chi connectivity index (χ0) is 12.8. The highest BCUT2D eigenvalue weighted by atomic mass is 32.2. The average Bonchev–Trinajstić information content (AvgIpc) is 3.09. The van der Waals surface area contributed by atoms with Crippen LogP contribution in [0.4, 0.5) is 5.69 Å². The number of sulfone groups is 1. The Balaban J connectivity index is 1.70. The Morgan fingerprint density at radius 3 is 2.56 bits per heavy atom. The van der Waals surface area contributed by atoms with Crippen LogP contribution >= 0.6 is 0 Å². The van der Waals surface area contributed by atoms with Crippen molar-refractivity contribution < 1.29 is 8.42 Å². The van der Waals surface area contributed by atoms with Crippen molar-refractivity contribution in [1.29, 1.82) is 0 Å². The molecule has 98 valence electrons. The zero-order valence-corrected chi connectivity index (χ0v) is 11.4.